The van der Waals surface area contributed by atoms with Crippen LogP contribution >= 0.6 is 0 Å². The second-order valence-electron chi connectivity index (χ2n) is 5.73. The summed E-state index contributed by atoms with van der Waals surface area (Å²) in [6.07, 6.45) is 9.95. The van der Waals surface area contributed by atoms with Gasteiger partial charge in [0.25, 0.3) is 0 Å². The maximum Gasteiger partial charge on any atom is 0.0559 e. The molecule has 4 heteroatoms. The molecule has 0 saturated heterocycles. The van der Waals surface area contributed by atoms with Crippen molar-refractivity contribution >= 4 is 0 Å². The molecule has 0 radical (unpaired) electrons. The molecule has 18 heavy (non-hydrogen) atoms. The fraction of sp³-hybridized carbons (Fsp3) is 0.786. The highest BCUT2D eigenvalue weighted by Crippen LogP contribution is 2.35. The Kier molecular flexibility index (Phi) is 4.78. The van der Waals surface area contributed by atoms with E-state index in [0.29, 0.717) is 12.6 Å². The van der Waals surface area contributed by atoms with Crippen LogP contribution in [-0.2, 0) is 6.54 Å². The number of nitrogens with zero attached hydrogens (tertiary/aromatic N) is 2. The van der Waals surface area contributed by atoms with E-state index in [1.807, 2.05) is 23.1 Å². The second kappa shape index (κ2) is 6.34. The van der Waals surface area contributed by atoms with Crippen molar-refractivity contribution in [1.82, 2.24) is 15.1 Å². The number of hydrogen-bond acceptors (Lipinski definition) is 3. The number of aliphatic hydroxyl groups is 1. The van der Waals surface area contributed by atoms with Crippen molar-refractivity contribution in [1.29, 1.82) is 0 Å². The van der Waals surface area contributed by atoms with Gasteiger partial charge in [0.05, 0.1) is 6.54 Å². The lowest BCUT2D eigenvalue weighted by Gasteiger charge is -2.36. The van der Waals surface area contributed by atoms with Crippen molar-refractivity contribution in [2.24, 2.45) is 5.41 Å². The molecule has 4 nitrogen and oxygen atoms in total. The van der Waals surface area contributed by atoms with Crippen molar-refractivity contribution < 1.29 is 5.11 Å². The van der Waals surface area contributed by atoms with E-state index in [0.717, 1.165) is 25.9 Å². The van der Waals surface area contributed by atoms with E-state index in [1.165, 1.54) is 19.3 Å². The van der Waals surface area contributed by atoms with Crippen LogP contribution in [-0.4, -0.2) is 34.1 Å². The lowest BCUT2D eigenvalue weighted by atomic mass is 9.74. The molecule has 2 rings (SSSR count). The van der Waals surface area contributed by atoms with Gasteiger partial charge < -0.3 is 10.4 Å². The van der Waals surface area contributed by atoms with Crippen LogP contribution in [0, 0.1) is 5.41 Å². The molecule has 0 bridgehead atoms. The highest BCUT2D eigenvalue weighted by atomic mass is 16.3. The van der Waals surface area contributed by atoms with Gasteiger partial charge in [0, 0.05) is 37.0 Å². The van der Waals surface area contributed by atoms with Crippen LogP contribution < -0.4 is 5.32 Å². The summed E-state index contributed by atoms with van der Waals surface area (Å²) in [5, 5.41) is 17.4. The van der Waals surface area contributed by atoms with Crippen LogP contribution in [0.25, 0.3) is 0 Å². The van der Waals surface area contributed by atoms with E-state index in [1.54, 1.807) is 0 Å². The Morgan fingerprint density at radius 3 is 2.78 bits per heavy atom. The van der Waals surface area contributed by atoms with E-state index >= 15 is 0 Å². The van der Waals surface area contributed by atoms with E-state index in [-0.39, 0.29) is 5.41 Å². The normalized spacial score (nSPS) is 20.8. The minimum Gasteiger partial charge on any atom is -0.396 e. The smallest absolute Gasteiger partial charge is 0.0559 e. The lowest BCUT2D eigenvalue weighted by molar-refractivity contribution is 0.0781. The highest BCUT2D eigenvalue weighted by Gasteiger charge is 2.31. The standard InChI is InChI=1S/C14H25N3O/c1-13(10-17-9-5-8-16-17)15-11-14(12-18)6-3-2-4-7-14/h5,8-9,13,15,18H,2-4,6-7,10-12H2,1H3. The molecule has 1 unspecified atom stereocenters. The number of aromatic nitrogens is 2. The van der Waals surface area contributed by atoms with E-state index in [2.05, 4.69) is 17.3 Å². The monoisotopic (exact) mass is 251 g/mol. The summed E-state index contributed by atoms with van der Waals surface area (Å²) in [6, 6.07) is 2.33. The van der Waals surface area contributed by atoms with Gasteiger partial charge in [-0.25, -0.2) is 0 Å². The molecule has 0 spiro atoms. The highest BCUT2D eigenvalue weighted by molar-refractivity contribution is 4.85. The van der Waals surface area contributed by atoms with Gasteiger partial charge in [-0.15, -0.1) is 0 Å². The zero-order valence-electron chi connectivity index (χ0n) is 11.3. The summed E-state index contributed by atoms with van der Waals surface area (Å²) >= 11 is 0. The summed E-state index contributed by atoms with van der Waals surface area (Å²) in [4.78, 5) is 0. The fourth-order valence-corrected chi connectivity index (χ4v) is 2.84. The molecule has 1 heterocycles. The van der Waals surface area contributed by atoms with E-state index < -0.39 is 0 Å². The van der Waals surface area contributed by atoms with E-state index in [4.69, 9.17) is 0 Å². The van der Waals surface area contributed by atoms with Gasteiger partial charge in [0.2, 0.25) is 0 Å². The molecule has 1 saturated carbocycles. The first-order valence-corrected chi connectivity index (χ1v) is 7.06. The Morgan fingerprint density at radius 2 is 2.17 bits per heavy atom. The number of aliphatic hydroxyl groups excluding tert-OH is 1. The summed E-state index contributed by atoms with van der Waals surface area (Å²) in [5.41, 5.74) is 0.122. The molecule has 0 aliphatic heterocycles. The zero-order chi connectivity index (χ0) is 12.8. The maximum absolute atomic E-state index is 9.65. The summed E-state index contributed by atoms with van der Waals surface area (Å²) < 4.78 is 1.95. The van der Waals surface area contributed by atoms with E-state index in [9.17, 15) is 5.11 Å². The summed E-state index contributed by atoms with van der Waals surface area (Å²) in [6.45, 7) is 4.30. The van der Waals surface area contributed by atoms with Crippen LogP contribution in [0.5, 0.6) is 0 Å². The Labute approximate surface area is 109 Å². The molecule has 1 aliphatic carbocycles. The van der Waals surface area contributed by atoms with Crippen LogP contribution in [0.4, 0.5) is 0 Å². The summed E-state index contributed by atoms with van der Waals surface area (Å²) in [5.74, 6) is 0. The van der Waals surface area contributed by atoms with Crippen LogP contribution in [0.2, 0.25) is 0 Å². The Morgan fingerprint density at radius 1 is 1.39 bits per heavy atom. The SMILES string of the molecule is CC(Cn1cccn1)NCC1(CO)CCCCC1. The third-order valence-corrected chi connectivity index (χ3v) is 4.10. The third kappa shape index (κ3) is 3.56. The molecule has 1 aliphatic rings. The first-order valence-electron chi connectivity index (χ1n) is 7.06. The van der Waals surface area contributed by atoms with Gasteiger partial charge in [-0.2, -0.15) is 5.10 Å². The molecule has 1 fully saturated rings. The minimum absolute atomic E-state index is 0.122. The van der Waals surface area contributed by atoms with Crippen molar-refractivity contribution in [3.8, 4) is 0 Å². The first kappa shape index (κ1) is 13.6. The second-order valence-corrected chi connectivity index (χ2v) is 5.73. The largest absolute Gasteiger partial charge is 0.396 e. The van der Waals surface area contributed by atoms with Crippen molar-refractivity contribution in [2.45, 2.75) is 51.6 Å². The average molecular weight is 251 g/mol. The molecule has 2 N–H and O–H groups in total. The summed E-state index contributed by atoms with van der Waals surface area (Å²) in [7, 11) is 0. The predicted molar refractivity (Wildman–Crippen MR) is 72.3 cm³/mol. The third-order valence-electron chi connectivity index (χ3n) is 4.10. The number of rotatable bonds is 6. The molecule has 0 amide bonds. The molecule has 0 aromatic carbocycles. The van der Waals surface area contributed by atoms with Gasteiger partial charge >= 0.3 is 0 Å². The van der Waals surface area contributed by atoms with Crippen molar-refractivity contribution in [3.63, 3.8) is 0 Å². The van der Waals surface area contributed by atoms with Gasteiger partial charge in [-0.3, -0.25) is 4.68 Å². The molecular formula is C14H25N3O. The maximum atomic E-state index is 9.65. The molecule has 102 valence electrons. The van der Waals surface area contributed by atoms with Crippen molar-refractivity contribution in [3.05, 3.63) is 18.5 Å². The lowest BCUT2D eigenvalue weighted by Crippen LogP contribution is -2.43. The zero-order valence-corrected chi connectivity index (χ0v) is 11.3. The fourth-order valence-electron chi connectivity index (χ4n) is 2.84. The molecule has 1 aromatic rings. The molecule has 1 atom stereocenters. The minimum atomic E-state index is 0.122. The van der Waals surface area contributed by atoms with Crippen LogP contribution in [0.15, 0.2) is 18.5 Å². The topological polar surface area (TPSA) is 50.1 Å². The van der Waals surface area contributed by atoms with Crippen molar-refractivity contribution in [2.75, 3.05) is 13.2 Å². The number of nitrogens with one attached hydrogen (secondary N) is 1. The Hall–Kier alpha value is -0.870. The average Bonchev–Trinajstić information content (AvgIpc) is 2.90. The first-order chi connectivity index (χ1) is 8.74. The Bertz CT molecular complexity index is 331. The van der Waals surface area contributed by atoms with Crippen LogP contribution in [0.1, 0.15) is 39.0 Å². The predicted octanol–water partition coefficient (Wildman–Crippen LogP) is 1.80. The van der Waals surface area contributed by atoms with Gasteiger partial charge in [-0.05, 0) is 25.8 Å². The molecule has 1 aromatic heterocycles. The van der Waals surface area contributed by atoms with Gasteiger partial charge in [0.15, 0.2) is 0 Å². The van der Waals surface area contributed by atoms with Gasteiger partial charge in [-0.1, -0.05) is 19.3 Å². The molecular weight excluding hydrogens is 226 g/mol. The van der Waals surface area contributed by atoms with Crippen LogP contribution in [0.3, 0.4) is 0 Å². The quantitative estimate of drug-likeness (QED) is 0.810. The Balaban J connectivity index is 1.78. The number of hydrogen-bond donors (Lipinski definition) is 2. The van der Waals surface area contributed by atoms with Gasteiger partial charge in [0.1, 0.15) is 0 Å².